The number of fused-ring (bicyclic) bond motifs is 1. The molecule has 0 aliphatic carbocycles. The van der Waals surface area contributed by atoms with Crippen molar-refractivity contribution in [2.45, 2.75) is 0 Å². The van der Waals surface area contributed by atoms with E-state index in [1.165, 1.54) is 24.3 Å². The monoisotopic (exact) mass is 407 g/mol. The number of nitrogen functional groups attached to an aromatic ring is 1. The van der Waals surface area contributed by atoms with Crippen LogP contribution in [0.5, 0.6) is 0 Å². The molecule has 0 radical (unpaired) electrons. The second-order valence-electron chi connectivity index (χ2n) is 6.39. The summed E-state index contributed by atoms with van der Waals surface area (Å²) in [6.45, 7) is 0. The molecule has 0 aliphatic rings. The smallest absolute Gasteiger partial charge is 0.259 e. The molecule has 2 aromatic carbocycles. The van der Waals surface area contributed by atoms with Crippen molar-refractivity contribution in [2.24, 2.45) is 0 Å². The van der Waals surface area contributed by atoms with E-state index in [1.807, 2.05) is 0 Å². The molecule has 0 unspecified atom stereocenters. The van der Waals surface area contributed by atoms with Gasteiger partial charge in [-0.3, -0.25) is 9.59 Å². The lowest BCUT2D eigenvalue weighted by Crippen LogP contribution is -2.14. The van der Waals surface area contributed by atoms with E-state index in [1.54, 1.807) is 53.1 Å². The molecule has 0 fully saturated rings. The van der Waals surface area contributed by atoms with Crippen LogP contribution >= 0.6 is 11.6 Å². The van der Waals surface area contributed by atoms with Crippen LogP contribution in [0.2, 0.25) is 5.02 Å². The maximum Gasteiger partial charge on any atom is 0.259 e. The Kier molecular flexibility index (Phi) is 4.78. The number of nitrogens with zero attached hydrogens (tertiary/aromatic N) is 1. The third-order valence-corrected chi connectivity index (χ3v) is 4.78. The highest BCUT2D eigenvalue weighted by atomic mass is 35.5. The number of nitrogens with two attached hydrogens (primary N) is 1. The first kappa shape index (κ1) is 18.7. The Morgan fingerprint density at radius 3 is 2.34 bits per heavy atom. The van der Waals surface area contributed by atoms with Gasteiger partial charge in [0.25, 0.3) is 5.91 Å². The Labute approximate surface area is 170 Å². The van der Waals surface area contributed by atoms with Crippen molar-refractivity contribution in [3.63, 3.8) is 0 Å². The van der Waals surface area contributed by atoms with Crippen molar-refractivity contribution in [1.82, 2.24) is 4.40 Å². The molecule has 1 amide bonds. The van der Waals surface area contributed by atoms with Crippen LogP contribution in [0.1, 0.15) is 26.4 Å². The molecule has 3 N–H and O–H groups in total. The number of carbonyl (C=O) groups excluding carboxylic acids is 2. The minimum absolute atomic E-state index is 0.0655. The fraction of sp³-hybridized carbons (Fsp3) is 0. The van der Waals surface area contributed by atoms with Gasteiger partial charge < -0.3 is 15.5 Å². The minimum atomic E-state index is -0.493. The Hall–Kier alpha value is -3.64. The maximum atomic E-state index is 13.1. The summed E-state index contributed by atoms with van der Waals surface area (Å²) in [6.07, 6.45) is 1.67. The fourth-order valence-electron chi connectivity index (χ4n) is 3.16. The van der Waals surface area contributed by atoms with E-state index in [4.69, 9.17) is 17.3 Å². The molecule has 5 nitrogen and oxygen atoms in total. The van der Waals surface area contributed by atoms with E-state index in [9.17, 15) is 14.0 Å². The van der Waals surface area contributed by atoms with E-state index >= 15 is 0 Å². The number of amides is 1. The lowest BCUT2D eigenvalue weighted by molar-refractivity contribution is 0.102. The Balaban J connectivity index is 1.80. The van der Waals surface area contributed by atoms with Gasteiger partial charge in [0.2, 0.25) is 5.78 Å². The predicted molar refractivity (Wildman–Crippen MR) is 111 cm³/mol. The van der Waals surface area contributed by atoms with Gasteiger partial charge in [-0.1, -0.05) is 17.7 Å². The quantitative estimate of drug-likeness (QED) is 0.477. The minimum Gasteiger partial charge on any atom is -0.396 e. The van der Waals surface area contributed by atoms with Crippen LogP contribution in [0.4, 0.5) is 15.8 Å². The first-order valence-corrected chi connectivity index (χ1v) is 9.09. The summed E-state index contributed by atoms with van der Waals surface area (Å²) in [7, 11) is 0. The molecule has 0 spiro atoms. The first-order valence-electron chi connectivity index (χ1n) is 8.71. The SMILES string of the molecule is Nc1c(C(=O)Nc2ccc(F)cc2)c2ccccn2c1C(=O)c1ccc(Cl)cc1. The van der Waals surface area contributed by atoms with E-state index in [-0.39, 0.29) is 22.7 Å². The second kappa shape index (κ2) is 7.41. The van der Waals surface area contributed by atoms with Gasteiger partial charge in [-0.15, -0.1) is 0 Å². The summed E-state index contributed by atoms with van der Waals surface area (Å²) in [5.41, 5.74) is 8.00. The zero-order valence-electron chi connectivity index (χ0n) is 15.0. The highest BCUT2D eigenvalue weighted by molar-refractivity contribution is 6.30. The van der Waals surface area contributed by atoms with Crippen molar-refractivity contribution in [2.75, 3.05) is 11.1 Å². The highest BCUT2D eigenvalue weighted by Crippen LogP contribution is 2.29. The molecule has 0 saturated carbocycles. The molecule has 0 atom stereocenters. The molecule has 29 heavy (non-hydrogen) atoms. The summed E-state index contributed by atoms with van der Waals surface area (Å²) >= 11 is 5.90. The van der Waals surface area contributed by atoms with Crippen LogP contribution < -0.4 is 11.1 Å². The maximum absolute atomic E-state index is 13.1. The highest BCUT2D eigenvalue weighted by Gasteiger charge is 2.26. The van der Waals surface area contributed by atoms with Crippen molar-refractivity contribution < 1.29 is 14.0 Å². The molecule has 0 saturated heterocycles. The van der Waals surface area contributed by atoms with E-state index in [0.717, 1.165) is 0 Å². The van der Waals surface area contributed by atoms with E-state index in [0.29, 0.717) is 21.8 Å². The van der Waals surface area contributed by atoms with Gasteiger partial charge in [0.1, 0.15) is 11.5 Å². The third kappa shape index (κ3) is 3.46. The van der Waals surface area contributed by atoms with E-state index in [2.05, 4.69) is 5.32 Å². The molecular formula is C22H15ClFN3O2. The number of ketones is 1. The van der Waals surface area contributed by atoms with Gasteiger partial charge in [-0.2, -0.15) is 0 Å². The molecular weight excluding hydrogens is 393 g/mol. The van der Waals surface area contributed by atoms with E-state index < -0.39 is 11.7 Å². The van der Waals surface area contributed by atoms with Crippen LogP contribution in [0, 0.1) is 5.82 Å². The number of rotatable bonds is 4. The van der Waals surface area contributed by atoms with Crippen LogP contribution in [-0.2, 0) is 0 Å². The standard InChI is InChI=1S/C22H15ClFN3O2/c23-14-6-4-13(5-7-14)21(28)20-19(25)18(17-3-1-2-12-27(17)20)22(29)26-16-10-8-15(24)9-11-16/h1-12H,25H2,(H,26,29). The zero-order chi connectivity index (χ0) is 20.5. The molecule has 2 heterocycles. The lowest BCUT2D eigenvalue weighted by atomic mass is 10.1. The van der Waals surface area contributed by atoms with Gasteiger partial charge in [0.15, 0.2) is 0 Å². The van der Waals surface area contributed by atoms with Crippen LogP contribution in [0.25, 0.3) is 5.52 Å². The molecule has 2 aromatic heterocycles. The molecule has 144 valence electrons. The van der Waals surface area contributed by atoms with Crippen molar-refractivity contribution in [1.29, 1.82) is 0 Å². The van der Waals surface area contributed by atoms with Gasteiger partial charge in [-0.25, -0.2) is 4.39 Å². The number of anilines is 2. The third-order valence-electron chi connectivity index (χ3n) is 4.53. The fourth-order valence-corrected chi connectivity index (χ4v) is 3.29. The van der Waals surface area contributed by atoms with Gasteiger partial charge in [0.05, 0.1) is 16.8 Å². The number of carbonyl (C=O) groups is 2. The number of halogens is 2. The van der Waals surface area contributed by atoms with Gasteiger partial charge in [-0.05, 0) is 60.7 Å². The Morgan fingerprint density at radius 1 is 0.966 bits per heavy atom. The second-order valence-corrected chi connectivity index (χ2v) is 6.83. The van der Waals surface area contributed by atoms with Crippen molar-refractivity contribution in [3.8, 4) is 0 Å². The Morgan fingerprint density at radius 2 is 1.66 bits per heavy atom. The predicted octanol–water partition coefficient (Wildman–Crippen LogP) is 4.80. The number of aromatic nitrogens is 1. The normalized spacial score (nSPS) is 10.8. The number of pyridine rings is 1. The summed E-state index contributed by atoms with van der Waals surface area (Å²) in [6, 6.07) is 17.0. The van der Waals surface area contributed by atoms with Crippen molar-refractivity contribution >= 4 is 40.2 Å². The zero-order valence-corrected chi connectivity index (χ0v) is 15.8. The number of hydrogen-bond donors (Lipinski definition) is 2. The average Bonchev–Trinajstić information content (AvgIpc) is 3.01. The summed E-state index contributed by atoms with van der Waals surface area (Å²) in [4.78, 5) is 26.0. The number of benzene rings is 2. The number of hydrogen-bond acceptors (Lipinski definition) is 3. The summed E-state index contributed by atoms with van der Waals surface area (Å²) in [5, 5.41) is 3.20. The molecule has 7 heteroatoms. The largest absolute Gasteiger partial charge is 0.396 e. The lowest BCUT2D eigenvalue weighted by Gasteiger charge is -2.05. The molecule has 0 aliphatic heterocycles. The number of nitrogens with one attached hydrogen (secondary N) is 1. The Bertz CT molecular complexity index is 1230. The topological polar surface area (TPSA) is 76.6 Å². The van der Waals surface area contributed by atoms with Gasteiger partial charge in [0, 0.05) is 22.5 Å². The van der Waals surface area contributed by atoms with Crippen LogP contribution in [-0.4, -0.2) is 16.1 Å². The summed E-state index contributed by atoms with van der Waals surface area (Å²) < 4.78 is 14.7. The average molecular weight is 408 g/mol. The first-order chi connectivity index (χ1) is 14.0. The van der Waals surface area contributed by atoms with Crippen LogP contribution in [0.3, 0.4) is 0 Å². The summed E-state index contributed by atoms with van der Waals surface area (Å²) in [5.74, 6) is -1.23. The molecule has 4 aromatic rings. The van der Waals surface area contributed by atoms with Crippen LogP contribution in [0.15, 0.2) is 72.9 Å². The van der Waals surface area contributed by atoms with Gasteiger partial charge >= 0.3 is 0 Å². The molecule has 4 rings (SSSR count). The van der Waals surface area contributed by atoms with Crippen molar-refractivity contribution in [3.05, 3.63) is 101 Å². The molecule has 0 bridgehead atoms.